The molecule has 1 aromatic carbocycles. The number of pyridine rings is 1. The third-order valence-electron chi connectivity index (χ3n) is 5.05. The molecule has 0 radical (unpaired) electrons. The zero-order valence-corrected chi connectivity index (χ0v) is 17.0. The molecule has 3 N–H and O–H groups in total. The normalized spacial score (nSPS) is 11.7. The lowest BCUT2D eigenvalue weighted by Crippen LogP contribution is -2.36. The number of carbonyl (C=O) groups is 1. The van der Waals surface area contributed by atoms with Gasteiger partial charge in [0.25, 0.3) is 5.56 Å². The smallest absolute Gasteiger partial charge is 0.332 e. The Hall–Kier alpha value is -4.27. The van der Waals surface area contributed by atoms with Crippen LogP contribution in [-0.4, -0.2) is 30.0 Å². The van der Waals surface area contributed by atoms with E-state index in [1.807, 2.05) is 30.3 Å². The molecule has 0 aliphatic rings. The first-order valence-electron chi connectivity index (χ1n) is 9.50. The molecule has 0 saturated carbocycles. The van der Waals surface area contributed by atoms with Crippen molar-refractivity contribution in [1.29, 1.82) is 0 Å². The molecular weight excluding hydrogens is 396 g/mol. The lowest BCUT2D eigenvalue weighted by molar-refractivity contribution is -0.114. The second-order valence-electron chi connectivity index (χ2n) is 7.18. The van der Waals surface area contributed by atoms with Gasteiger partial charge in [0.05, 0.1) is 0 Å². The highest BCUT2D eigenvalue weighted by Crippen LogP contribution is 2.20. The molecule has 0 spiro atoms. The molecule has 3 heterocycles. The van der Waals surface area contributed by atoms with Crippen molar-refractivity contribution >= 4 is 23.1 Å². The van der Waals surface area contributed by atoms with Gasteiger partial charge in [-0.25, -0.2) is 9.78 Å². The Morgan fingerprint density at radius 1 is 1.13 bits per heavy atom. The molecule has 0 saturated heterocycles. The third-order valence-corrected chi connectivity index (χ3v) is 5.05. The van der Waals surface area contributed by atoms with Crippen LogP contribution < -0.4 is 17.0 Å². The number of rotatable bonds is 5. The summed E-state index contributed by atoms with van der Waals surface area (Å²) in [6, 6.07) is 11.0. The molecule has 0 atom stereocenters. The van der Waals surface area contributed by atoms with Crippen molar-refractivity contribution in [2.24, 2.45) is 19.8 Å². The molecule has 0 aliphatic carbocycles. The van der Waals surface area contributed by atoms with Crippen LogP contribution in [0.2, 0.25) is 0 Å². The number of aryl methyl sites for hydroxylation is 1. The van der Waals surface area contributed by atoms with Crippen molar-refractivity contribution in [3.8, 4) is 11.4 Å². The summed E-state index contributed by atoms with van der Waals surface area (Å²) in [4.78, 5) is 47.8. The largest absolute Gasteiger partial charge is 0.366 e. The van der Waals surface area contributed by atoms with Crippen LogP contribution in [0.15, 0.2) is 64.0 Å². The number of imidazole rings is 1. The number of benzene rings is 1. The molecule has 0 fully saturated rings. The van der Waals surface area contributed by atoms with Crippen LogP contribution in [0.1, 0.15) is 11.1 Å². The van der Waals surface area contributed by atoms with Gasteiger partial charge in [0.2, 0.25) is 5.91 Å². The summed E-state index contributed by atoms with van der Waals surface area (Å²) in [7, 11) is 2.99. The highest BCUT2D eigenvalue weighted by atomic mass is 16.2. The fraction of sp³-hybridized carbons (Fsp3) is 0.136. The maximum absolute atomic E-state index is 12.4. The fourth-order valence-electron chi connectivity index (χ4n) is 3.33. The minimum atomic E-state index is -0.498. The van der Waals surface area contributed by atoms with Crippen LogP contribution in [0, 0.1) is 0 Å². The lowest BCUT2D eigenvalue weighted by atomic mass is 10.0. The van der Waals surface area contributed by atoms with Crippen LogP contribution in [0.25, 0.3) is 28.6 Å². The third kappa shape index (κ3) is 3.80. The van der Waals surface area contributed by atoms with Gasteiger partial charge >= 0.3 is 5.69 Å². The van der Waals surface area contributed by atoms with E-state index in [1.165, 1.54) is 11.6 Å². The number of nitrogens with zero attached hydrogens (tertiary/aromatic N) is 4. The van der Waals surface area contributed by atoms with Gasteiger partial charge in [0, 0.05) is 44.0 Å². The molecular formula is C22H20N6O3. The van der Waals surface area contributed by atoms with Crippen molar-refractivity contribution in [3.63, 3.8) is 0 Å². The molecule has 1 amide bonds. The summed E-state index contributed by atoms with van der Waals surface area (Å²) in [6.07, 6.45) is 5.48. The number of amides is 1. The predicted molar refractivity (Wildman–Crippen MR) is 117 cm³/mol. The Morgan fingerprint density at radius 2 is 1.87 bits per heavy atom. The number of nitrogens with one attached hydrogen (secondary N) is 1. The van der Waals surface area contributed by atoms with Crippen molar-refractivity contribution < 1.29 is 4.79 Å². The fourth-order valence-corrected chi connectivity index (χ4v) is 3.33. The lowest BCUT2D eigenvalue weighted by Gasteiger charge is -2.04. The summed E-state index contributed by atoms with van der Waals surface area (Å²) < 4.78 is 2.36. The Morgan fingerprint density at radius 3 is 2.52 bits per heavy atom. The number of hydrogen-bond donors (Lipinski definition) is 2. The van der Waals surface area contributed by atoms with Gasteiger partial charge in [-0.15, -0.1) is 0 Å². The van der Waals surface area contributed by atoms with Crippen molar-refractivity contribution in [1.82, 2.24) is 24.1 Å². The number of fused-ring (bicyclic) bond motifs is 1. The predicted octanol–water partition coefficient (Wildman–Crippen LogP) is 1.13. The van der Waals surface area contributed by atoms with Gasteiger partial charge in [-0.05, 0) is 23.3 Å². The standard InChI is InChI=1S/C22H20N6O3/c1-27-20-17(21(30)28(2)22(27)31)25-19(26-20)15-7-5-13(6-8-15)10-16(18(23)29)11-14-4-3-9-24-12-14/h3-10,12H,11H2,1-2H3,(H2,23,29)(H,25,26)/b16-10+. The van der Waals surface area contributed by atoms with Gasteiger partial charge in [0.1, 0.15) is 11.3 Å². The van der Waals surface area contributed by atoms with E-state index in [0.29, 0.717) is 23.5 Å². The van der Waals surface area contributed by atoms with Crippen molar-refractivity contribution in [3.05, 3.63) is 86.3 Å². The molecule has 0 bridgehead atoms. The number of H-pyrrole nitrogens is 1. The molecule has 3 aromatic heterocycles. The highest BCUT2D eigenvalue weighted by molar-refractivity contribution is 5.97. The quantitative estimate of drug-likeness (QED) is 0.471. The summed E-state index contributed by atoms with van der Waals surface area (Å²) in [5.41, 5.74) is 8.10. The average molecular weight is 416 g/mol. The number of primary amides is 1. The minimum absolute atomic E-state index is 0.260. The van der Waals surface area contributed by atoms with Gasteiger partial charge in [-0.1, -0.05) is 30.3 Å². The molecule has 9 nitrogen and oxygen atoms in total. The van der Waals surface area contributed by atoms with Crippen molar-refractivity contribution in [2.75, 3.05) is 0 Å². The van der Waals surface area contributed by atoms with Gasteiger partial charge < -0.3 is 10.7 Å². The van der Waals surface area contributed by atoms with Crippen LogP contribution in [0.5, 0.6) is 0 Å². The molecule has 9 heteroatoms. The monoisotopic (exact) mass is 416 g/mol. The molecule has 4 aromatic rings. The molecule has 0 unspecified atom stereocenters. The second kappa shape index (κ2) is 7.86. The molecule has 31 heavy (non-hydrogen) atoms. The zero-order chi connectivity index (χ0) is 22.1. The van der Waals surface area contributed by atoms with Gasteiger partial charge in [-0.3, -0.25) is 23.7 Å². The number of nitrogens with two attached hydrogens (primary N) is 1. The average Bonchev–Trinajstić information content (AvgIpc) is 3.23. The Kier molecular flexibility index (Phi) is 5.08. The number of hydrogen-bond acceptors (Lipinski definition) is 5. The first-order chi connectivity index (χ1) is 14.8. The molecule has 0 aliphatic heterocycles. The number of aromatic nitrogens is 5. The molecule has 4 rings (SSSR count). The van der Waals surface area contributed by atoms with E-state index in [4.69, 9.17) is 5.73 Å². The SMILES string of the molecule is Cn1c(=O)c2[nH]c(-c3ccc(/C=C(\Cc4cccnc4)C(N)=O)cc3)nc2n(C)c1=O. The van der Waals surface area contributed by atoms with E-state index in [2.05, 4.69) is 15.0 Å². The summed E-state index contributed by atoms with van der Waals surface area (Å²) in [5, 5.41) is 0. The van der Waals surface area contributed by atoms with Gasteiger partial charge in [-0.2, -0.15) is 0 Å². The van der Waals surface area contributed by atoms with E-state index >= 15 is 0 Å². The Labute approximate surface area is 176 Å². The zero-order valence-electron chi connectivity index (χ0n) is 17.0. The van der Waals surface area contributed by atoms with Gasteiger partial charge in [0.15, 0.2) is 5.65 Å². The van der Waals surface area contributed by atoms with Crippen LogP contribution in [0.4, 0.5) is 0 Å². The maximum atomic E-state index is 12.4. The topological polar surface area (TPSA) is 129 Å². The second-order valence-corrected chi connectivity index (χ2v) is 7.18. The Bertz CT molecular complexity index is 1430. The van der Waals surface area contributed by atoms with E-state index in [0.717, 1.165) is 21.3 Å². The summed E-state index contributed by atoms with van der Waals surface area (Å²) >= 11 is 0. The summed E-state index contributed by atoms with van der Waals surface area (Å²) in [6.45, 7) is 0. The van der Waals surface area contributed by atoms with E-state index < -0.39 is 17.2 Å². The number of aromatic amines is 1. The first kappa shape index (κ1) is 20.0. The maximum Gasteiger partial charge on any atom is 0.332 e. The van der Waals surface area contributed by atoms with Crippen LogP contribution >= 0.6 is 0 Å². The van der Waals surface area contributed by atoms with E-state index in [-0.39, 0.29) is 5.52 Å². The first-order valence-corrected chi connectivity index (χ1v) is 9.50. The van der Waals surface area contributed by atoms with Crippen LogP contribution in [0.3, 0.4) is 0 Å². The summed E-state index contributed by atoms with van der Waals surface area (Å²) in [5.74, 6) is -0.0312. The number of carbonyl (C=O) groups excluding carboxylic acids is 1. The minimum Gasteiger partial charge on any atom is -0.366 e. The highest BCUT2D eigenvalue weighted by Gasteiger charge is 2.14. The Balaban J connectivity index is 1.68. The van der Waals surface area contributed by atoms with E-state index in [1.54, 1.807) is 31.6 Å². The van der Waals surface area contributed by atoms with Crippen molar-refractivity contribution in [2.45, 2.75) is 6.42 Å². The van der Waals surface area contributed by atoms with E-state index in [9.17, 15) is 14.4 Å². The van der Waals surface area contributed by atoms with Crippen LogP contribution in [-0.2, 0) is 25.3 Å². The molecule has 156 valence electrons.